The second-order valence-electron chi connectivity index (χ2n) is 5.67. The number of rotatable bonds is 3. The fourth-order valence-electron chi connectivity index (χ4n) is 2.87. The zero-order valence-electron chi connectivity index (χ0n) is 13.3. The number of carbonyl (C=O) groups is 1. The molecule has 116 valence electrons. The van der Waals surface area contributed by atoms with Crippen LogP contribution in [0, 0.1) is 0 Å². The zero-order valence-corrected chi connectivity index (χ0v) is 13.3. The maximum atomic E-state index is 12.6. The van der Waals surface area contributed by atoms with Gasteiger partial charge in [0.25, 0.3) is 0 Å². The first-order chi connectivity index (χ1) is 10.5. The lowest BCUT2D eigenvalue weighted by atomic mass is 10.1. The van der Waals surface area contributed by atoms with Gasteiger partial charge in [-0.15, -0.1) is 0 Å². The molecule has 0 N–H and O–H groups in total. The second kappa shape index (κ2) is 5.40. The number of aromatic nitrogens is 4. The number of hydrogen-bond donors (Lipinski definition) is 0. The molecule has 7 nitrogen and oxygen atoms in total. The fraction of sp³-hybridized carbons (Fsp3) is 0.467. The normalized spacial score (nSPS) is 18.0. The molecule has 2 aromatic heterocycles. The van der Waals surface area contributed by atoms with Crippen LogP contribution in [-0.4, -0.2) is 44.6 Å². The van der Waals surface area contributed by atoms with Gasteiger partial charge in [0.2, 0.25) is 11.9 Å². The van der Waals surface area contributed by atoms with Gasteiger partial charge in [-0.05, 0) is 20.3 Å². The molecule has 1 atom stereocenters. The van der Waals surface area contributed by atoms with Crippen molar-refractivity contribution >= 4 is 17.4 Å². The Morgan fingerprint density at radius 3 is 2.73 bits per heavy atom. The van der Waals surface area contributed by atoms with Crippen LogP contribution in [0.2, 0.25) is 0 Å². The summed E-state index contributed by atoms with van der Waals surface area (Å²) >= 11 is 0. The second-order valence-corrected chi connectivity index (χ2v) is 5.67. The first-order valence-corrected chi connectivity index (χ1v) is 7.45. The van der Waals surface area contributed by atoms with Crippen LogP contribution in [0.15, 0.2) is 24.9 Å². The molecule has 0 aliphatic carbocycles. The van der Waals surface area contributed by atoms with Crippen LogP contribution in [0.4, 0.5) is 11.5 Å². The number of fused-ring (bicyclic) bond motifs is 1. The summed E-state index contributed by atoms with van der Waals surface area (Å²) in [5.74, 6) is 1.44. The molecule has 0 fully saturated rings. The summed E-state index contributed by atoms with van der Waals surface area (Å²) in [6.45, 7) is 6.17. The minimum atomic E-state index is -0.192. The quantitative estimate of drug-likeness (QED) is 0.862. The molecule has 2 aromatic rings. The number of carbonyl (C=O) groups excluding carboxylic acids is 1. The smallest absolute Gasteiger partial charge is 0.249 e. The Morgan fingerprint density at radius 2 is 2.14 bits per heavy atom. The van der Waals surface area contributed by atoms with E-state index in [9.17, 15) is 4.79 Å². The SMILES string of the molecule is CCC1C(=O)N(C)c2cnc(-n3ccnc3)nc2N1C(C)C. The van der Waals surface area contributed by atoms with Gasteiger partial charge in [-0.1, -0.05) is 6.92 Å². The molecule has 0 bridgehead atoms. The van der Waals surface area contributed by atoms with Crippen molar-refractivity contribution < 1.29 is 4.79 Å². The van der Waals surface area contributed by atoms with Gasteiger partial charge in [0, 0.05) is 25.5 Å². The highest BCUT2D eigenvalue weighted by molar-refractivity contribution is 6.04. The Hall–Kier alpha value is -2.44. The van der Waals surface area contributed by atoms with Crippen LogP contribution in [0.5, 0.6) is 0 Å². The van der Waals surface area contributed by atoms with Crippen molar-refractivity contribution in [2.75, 3.05) is 16.8 Å². The molecule has 7 heteroatoms. The van der Waals surface area contributed by atoms with Crippen molar-refractivity contribution in [1.29, 1.82) is 0 Å². The number of nitrogens with zero attached hydrogens (tertiary/aromatic N) is 6. The van der Waals surface area contributed by atoms with E-state index in [4.69, 9.17) is 0 Å². The summed E-state index contributed by atoms with van der Waals surface area (Å²) in [5.41, 5.74) is 0.743. The third kappa shape index (κ3) is 2.13. The average molecular weight is 300 g/mol. The van der Waals surface area contributed by atoms with Gasteiger partial charge in [-0.3, -0.25) is 9.36 Å². The molecule has 0 spiro atoms. The summed E-state index contributed by atoms with van der Waals surface area (Å²) in [4.78, 5) is 29.4. The fourth-order valence-corrected chi connectivity index (χ4v) is 2.87. The van der Waals surface area contributed by atoms with Crippen molar-refractivity contribution in [3.63, 3.8) is 0 Å². The summed E-state index contributed by atoms with van der Waals surface area (Å²) in [7, 11) is 1.78. The Balaban J connectivity index is 2.16. The summed E-state index contributed by atoms with van der Waals surface area (Å²) in [6.07, 6.45) is 7.60. The topological polar surface area (TPSA) is 67.2 Å². The molecule has 3 rings (SSSR count). The van der Waals surface area contributed by atoms with E-state index in [1.165, 1.54) is 0 Å². The van der Waals surface area contributed by atoms with Crippen molar-refractivity contribution in [2.24, 2.45) is 0 Å². The van der Waals surface area contributed by atoms with E-state index in [1.807, 2.05) is 6.92 Å². The van der Waals surface area contributed by atoms with Gasteiger partial charge in [0.1, 0.15) is 18.1 Å². The highest BCUT2D eigenvalue weighted by Crippen LogP contribution is 2.35. The van der Waals surface area contributed by atoms with E-state index < -0.39 is 0 Å². The Morgan fingerprint density at radius 1 is 1.36 bits per heavy atom. The Labute approximate surface area is 129 Å². The van der Waals surface area contributed by atoms with E-state index in [-0.39, 0.29) is 18.0 Å². The third-order valence-electron chi connectivity index (χ3n) is 3.97. The Kier molecular flexibility index (Phi) is 3.56. The minimum Gasteiger partial charge on any atom is -0.340 e. The van der Waals surface area contributed by atoms with Gasteiger partial charge in [0.05, 0.1) is 6.20 Å². The van der Waals surface area contributed by atoms with E-state index in [0.29, 0.717) is 5.95 Å². The van der Waals surface area contributed by atoms with Crippen LogP contribution >= 0.6 is 0 Å². The van der Waals surface area contributed by atoms with Crippen LogP contribution in [0.25, 0.3) is 5.95 Å². The predicted octanol–water partition coefficient (Wildman–Crippen LogP) is 1.63. The molecule has 0 saturated heterocycles. The predicted molar refractivity (Wildman–Crippen MR) is 84.3 cm³/mol. The summed E-state index contributed by atoms with van der Waals surface area (Å²) in [6, 6.07) is -0.0186. The molecule has 0 aromatic carbocycles. The number of amides is 1. The number of anilines is 2. The maximum absolute atomic E-state index is 12.6. The molecule has 1 amide bonds. The first-order valence-electron chi connectivity index (χ1n) is 7.45. The number of hydrogen-bond acceptors (Lipinski definition) is 5. The molecule has 1 aliphatic heterocycles. The van der Waals surface area contributed by atoms with E-state index >= 15 is 0 Å². The van der Waals surface area contributed by atoms with Crippen molar-refractivity contribution in [3.05, 3.63) is 24.9 Å². The van der Waals surface area contributed by atoms with Crippen LogP contribution in [0.3, 0.4) is 0 Å². The zero-order chi connectivity index (χ0) is 15.9. The average Bonchev–Trinajstić information content (AvgIpc) is 3.04. The number of imidazole rings is 1. The van der Waals surface area contributed by atoms with Crippen molar-refractivity contribution in [3.8, 4) is 5.95 Å². The molecule has 0 saturated carbocycles. The van der Waals surface area contributed by atoms with Crippen molar-refractivity contribution in [2.45, 2.75) is 39.3 Å². The van der Waals surface area contributed by atoms with Crippen LogP contribution in [0.1, 0.15) is 27.2 Å². The van der Waals surface area contributed by atoms with Gasteiger partial charge in [0.15, 0.2) is 5.82 Å². The van der Waals surface area contributed by atoms with Gasteiger partial charge >= 0.3 is 0 Å². The maximum Gasteiger partial charge on any atom is 0.249 e. The third-order valence-corrected chi connectivity index (χ3v) is 3.97. The lowest BCUT2D eigenvalue weighted by Gasteiger charge is -2.42. The monoisotopic (exact) mass is 300 g/mol. The molecular formula is C15H20N6O. The number of likely N-dealkylation sites (N-methyl/N-ethyl adjacent to an activating group) is 1. The Bertz CT molecular complexity index is 681. The lowest BCUT2D eigenvalue weighted by molar-refractivity contribution is -0.120. The molecular weight excluding hydrogens is 280 g/mol. The first kappa shape index (κ1) is 14.5. The summed E-state index contributed by atoms with van der Waals surface area (Å²) in [5, 5.41) is 0. The standard InChI is InChI=1S/C15H20N6O/c1-5-11-14(22)19(4)12-8-17-15(20-7-6-16-9-20)18-13(12)21(11)10(2)3/h6-11H,5H2,1-4H3. The lowest BCUT2D eigenvalue weighted by Crippen LogP contribution is -2.55. The van der Waals surface area contributed by atoms with Crippen molar-refractivity contribution in [1.82, 2.24) is 19.5 Å². The highest BCUT2D eigenvalue weighted by atomic mass is 16.2. The van der Waals surface area contributed by atoms with E-state index in [0.717, 1.165) is 17.9 Å². The summed E-state index contributed by atoms with van der Waals surface area (Å²) < 4.78 is 1.76. The largest absolute Gasteiger partial charge is 0.340 e. The highest BCUT2D eigenvalue weighted by Gasteiger charge is 2.38. The van der Waals surface area contributed by atoms with Crippen LogP contribution in [-0.2, 0) is 4.79 Å². The molecule has 3 heterocycles. The molecule has 22 heavy (non-hydrogen) atoms. The molecule has 1 aliphatic rings. The van der Waals surface area contributed by atoms with Gasteiger partial charge in [-0.25, -0.2) is 9.97 Å². The minimum absolute atomic E-state index is 0.0858. The van der Waals surface area contributed by atoms with Gasteiger partial charge < -0.3 is 9.80 Å². The van der Waals surface area contributed by atoms with E-state index in [2.05, 4.69) is 33.7 Å². The van der Waals surface area contributed by atoms with Gasteiger partial charge in [-0.2, -0.15) is 4.98 Å². The van der Waals surface area contributed by atoms with Crippen LogP contribution < -0.4 is 9.80 Å². The van der Waals surface area contributed by atoms with E-state index in [1.54, 1.807) is 41.4 Å². The molecule has 1 unspecified atom stereocenters. The molecule has 0 radical (unpaired) electrons.